The Morgan fingerprint density at radius 3 is 2.56 bits per heavy atom. The third-order valence-electron chi connectivity index (χ3n) is 2.72. The van der Waals surface area contributed by atoms with Crippen molar-refractivity contribution >= 4 is 16.0 Å². The Balaban J connectivity index is 2.25. The summed E-state index contributed by atoms with van der Waals surface area (Å²) in [6.07, 6.45) is 4.51. The Labute approximate surface area is 96.6 Å². The molecule has 0 heterocycles. The molecule has 0 aromatic rings. The van der Waals surface area contributed by atoms with E-state index in [-0.39, 0.29) is 24.2 Å². The summed E-state index contributed by atoms with van der Waals surface area (Å²) >= 11 is 0. The monoisotopic (exact) mass is 249 g/mol. The molecule has 6 heteroatoms. The lowest BCUT2D eigenvalue weighted by atomic mass is 10.3. The third kappa shape index (κ3) is 4.94. The predicted molar refractivity (Wildman–Crippen MR) is 60.4 cm³/mol. The molecule has 1 fully saturated rings. The average Bonchev–Trinajstić information content (AvgIpc) is 2.69. The van der Waals surface area contributed by atoms with Crippen molar-refractivity contribution in [3.05, 3.63) is 0 Å². The lowest BCUT2D eigenvalue weighted by molar-refractivity contribution is -0.140. The van der Waals surface area contributed by atoms with Gasteiger partial charge in [0, 0.05) is 12.5 Å². The number of carbonyl (C=O) groups excluding carboxylic acids is 1. The van der Waals surface area contributed by atoms with Crippen molar-refractivity contribution in [3.63, 3.8) is 0 Å². The van der Waals surface area contributed by atoms with Gasteiger partial charge in [-0.25, -0.2) is 13.1 Å². The van der Waals surface area contributed by atoms with Crippen molar-refractivity contribution in [2.45, 2.75) is 44.6 Å². The van der Waals surface area contributed by atoms with Crippen molar-refractivity contribution in [1.29, 1.82) is 0 Å². The highest BCUT2D eigenvalue weighted by Crippen LogP contribution is 2.18. The molecule has 94 valence electrons. The van der Waals surface area contributed by atoms with Gasteiger partial charge in [-0.15, -0.1) is 0 Å². The second-order valence-electron chi connectivity index (χ2n) is 4.10. The van der Waals surface area contributed by atoms with E-state index >= 15 is 0 Å². The summed E-state index contributed by atoms with van der Waals surface area (Å²) in [6, 6.07) is 0.100. The Morgan fingerprint density at radius 2 is 2.00 bits per heavy atom. The minimum absolute atomic E-state index is 0.00139. The zero-order chi connectivity index (χ0) is 12.0. The molecule has 1 aliphatic rings. The Kier molecular flexibility index (Phi) is 5.21. The molecular weight excluding hydrogens is 230 g/mol. The van der Waals surface area contributed by atoms with E-state index in [2.05, 4.69) is 9.46 Å². The lowest BCUT2D eigenvalue weighted by Gasteiger charge is -2.11. The van der Waals surface area contributed by atoms with Gasteiger partial charge in [0.1, 0.15) is 0 Å². The smallest absolute Gasteiger partial charge is 0.305 e. The Bertz CT molecular complexity index is 320. The van der Waals surface area contributed by atoms with Crippen molar-refractivity contribution in [3.8, 4) is 0 Å². The zero-order valence-corrected chi connectivity index (χ0v) is 10.4. The lowest BCUT2D eigenvalue weighted by Crippen LogP contribution is -2.34. The van der Waals surface area contributed by atoms with Gasteiger partial charge in [0.05, 0.1) is 12.9 Å². The summed E-state index contributed by atoms with van der Waals surface area (Å²) < 4.78 is 30.3. The number of ether oxygens (including phenoxy) is 1. The quantitative estimate of drug-likeness (QED) is 0.707. The molecule has 0 unspecified atom stereocenters. The van der Waals surface area contributed by atoms with Gasteiger partial charge in [-0.3, -0.25) is 4.79 Å². The van der Waals surface area contributed by atoms with Crippen LogP contribution in [0.4, 0.5) is 0 Å². The first kappa shape index (κ1) is 13.4. The van der Waals surface area contributed by atoms with E-state index in [4.69, 9.17) is 0 Å². The van der Waals surface area contributed by atoms with Crippen LogP contribution in [0.5, 0.6) is 0 Å². The van der Waals surface area contributed by atoms with Crippen LogP contribution >= 0.6 is 0 Å². The largest absolute Gasteiger partial charge is 0.469 e. The molecule has 0 aromatic heterocycles. The molecule has 16 heavy (non-hydrogen) atoms. The third-order valence-corrected chi connectivity index (χ3v) is 4.24. The maximum Gasteiger partial charge on any atom is 0.305 e. The van der Waals surface area contributed by atoms with E-state index in [0.717, 1.165) is 25.7 Å². The van der Waals surface area contributed by atoms with Crippen molar-refractivity contribution in [2.75, 3.05) is 12.9 Å². The first-order chi connectivity index (χ1) is 7.53. The molecule has 0 amide bonds. The van der Waals surface area contributed by atoms with Crippen LogP contribution in [0.2, 0.25) is 0 Å². The predicted octanol–water partition coefficient (Wildman–Crippen LogP) is 0.802. The number of sulfonamides is 1. The Hall–Kier alpha value is -0.620. The van der Waals surface area contributed by atoms with E-state index in [9.17, 15) is 13.2 Å². The van der Waals surface area contributed by atoms with Gasteiger partial charge in [-0.1, -0.05) is 12.8 Å². The standard InChI is InChI=1S/C10H19NO4S/c1-15-10(12)7-4-8-16(13,14)11-9-5-2-3-6-9/h9,11H,2-8H2,1H3. The van der Waals surface area contributed by atoms with Crippen LogP contribution in [0.3, 0.4) is 0 Å². The molecule has 1 saturated carbocycles. The first-order valence-corrected chi connectivity index (χ1v) is 7.25. The molecule has 0 aliphatic heterocycles. The van der Waals surface area contributed by atoms with E-state index in [1.165, 1.54) is 7.11 Å². The molecule has 0 spiro atoms. The van der Waals surface area contributed by atoms with Crippen molar-refractivity contribution in [1.82, 2.24) is 4.72 Å². The SMILES string of the molecule is COC(=O)CCCS(=O)(=O)NC1CCCC1. The van der Waals surface area contributed by atoms with Gasteiger partial charge in [0.25, 0.3) is 0 Å². The molecule has 1 rings (SSSR count). The van der Waals surface area contributed by atoms with Crippen LogP contribution in [-0.4, -0.2) is 33.3 Å². The maximum atomic E-state index is 11.6. The summed E-state index contributed by atoms with van der Waals surface area (Å²) in [5.74, 6) is -0.366. The molecule has 5 nitrogen and oxygen atoms in total. The number of hydrogen-bond donors (Lipinski definition) is 1. The minimum atomic E-state index is -3.23. The van der Waals surface area contributed by atoms with Crippen LogP contribution in [0.15, 0.2) is 0 Å². The summed E-state index contributed by atoms with van der Waals surface area (Å²) in [5, 5.41) is 0. The molecule has 0 radical (unpaired) electrons. The van der Waals surface area contributed by atoms with Crippen LogP contribution in [0.25, 0.3) is 0 Å². The highest BCUT2D eigenvalue weighted by atomic mass is 32.2. The van der Waals surface area contributed by atoms with Gasteiger partial charge in [0.2, 0.25) is 10.0 Å². The van der Waals surface area contributed by atoms with Gasteiger partial charge < -0.3 is 4.74 Å². The summed E-state index contributed by atoms with van der Waals surface area (Å²) in [4.78, 5) is 10.8. The fraction of sp³-hybridized carbons (Fsp3) is 0.900. The second-order valence-corrected chi connectivity index (χ2v) is 5.97. The number of carbonyl (C=O) groups is 1. The number of nitrogens with one attached hydrogen (secondary N) is 1. The molecule has 0 atom stereocenters. The average molecular weight is 249 g/mol. The van der Waals surface area contributed by atoms with E-state index in [1.807, 2.05) is 0 Å². The normalized spacial score (nSPS) is 17.6. The van der Waals surface area contributed by atoms with Gasteiger partial charge in [0.15, 0.2) is 0 Å². The molecule has 0 bridgehead atoms. The number of esters is 1. The van der Waals surface area contributed by atoms with Gasteiger partial charge in [-0.2, -0.15) is 0 Å². The van der Waals surface area contributed by atoms with Crippen LogP contribution in [0.1, 0.15) is 38.5 Å². The second kappa shape index (κ2) is 6.20. The van der Waals surface area contributed by atoms with Crippen LogP contribution in [-0.2, 0) is 19.6 Å². The van der Waals surface area contributed by atoms with Gasteiger partial charge >= 0.3 is 5.97 Å². The highest BCUT2D eigenvalue weighted by molar-refractivity contribution is 7.89. The summed E-state index contributed by atoms with van der Waals surface area (Å²) in [7, 11) is -1.93. The molecule has 0 saturated heterocycles. The fourth-order valence-corrected chi connectivity index (χ4v) is 3.25. The minimum Gasteiger partial charge on any atom is -0.469 e. The number of rotatable bonds is 6. The molecule has 0 aromatic carbocycles. The topological polar surface area (TPSA) is 72.5 Å². The molecular formula is C10H19NO4S. The van der Waals surface area contributed by atoms with Crippen LogP contribution < -0.4 is 4.72 Å². The first-order valence-electron chi connectivity index (χ1n) is 5.60. The summed E-state index contributed by atoms with van der Waals surface area (Å²) in [5.41, 5.74) is 0. The van der Waals surface area contributed by atoms with Crippen molar-refractivity contribution < 1.29 is 17.9 Å². The number of hydrogen-bond acceptors (Lipinski definition) is 4. The van der Waals surface area contributed by atoms with Gasteiger partial charge in [-0.05, 0) is 19.3 Å². The molecule has 1 N–H and O–H groups in total. The van der Waals surface area contributed by atoms with Crippen molar-refractivity contribution in [2.24, 2.45) is 0 Å². The van der Waals surface area contributed by atoms with E-state index in [0.29, 0.717) is 6.42 Å². The number of methoxy groups -OCH3 is 1. The highest BCUT2D eigenvalue weighted by Gasteiger charge is 2.21. The summed E-state index contributed by atoms with van der Waals surface area (Å²) in [6.45, 7) is 0. The van der Waals surface area contributed by atoms with E-state index in [1.54, 1.807) is 0 Å². The van der Waals surface area contributed by atoms with Crippen LogP contribution in [0, 0.1) is 0 Å². The Morgan fingerprint density at radius 1 is 1.38 bits per heavy atom. The van der Waals surface area contributed by atoms with E-state index < -0.39 is 10.0 Å². The maximum absolute atomic E-state index is 11.6. The fourth-order valence-electron chi connectivity index (χ4n) is 1.87. The zero-order valence-electron chi connectivity index (χ0n) is 9.57. The molecule has 1 aliphatic carbocycles.